The first-order valence-corrected chi connectivity index (χ1v) is 11.3. The summed E-state index contributed by atoms with van der Waals surface area (Å²) in [4.78, 5) is 36.3. The van der Waals surface area contributed by atoms with Crippen LogP contribution in [0, 0.1) is 10.1 Å². The van der Waals surface area contributed by atoms with E-state index in [1.807, 2.05) is 6.26 Å². The number of furan rings is 1. The third-order valence-electron chi connectivity index (χ3n) is 4.26. The van der Waals surface area contributed by atoms with Crippen LogP contribution in [0.25, 0.3) is 17.4 Å². The van der Waals surface area contributed by atoms with E-state index in [2.05, 4.69) is 0 Å². The molecule has 0 saturated carbocycles. The zero-order valence-electron chi connectivity index (χ0n) is 15.6. The highest BCUT2D eigenvalue weighted by Gasteiger charge is 2.40. The molecule has 2 aromatic rings. The van der Waals surface area contributed by atoms with Gasteiger partial charge in [0.15, 0.2) is 0 Å². The first-order valence-electron chi connectivity index (χ1n) is 8.65. The summed E-state index contributed by atoms with van der Waals surface area (Å²) < 4.78 is 5.90. The smallest absolute Gasteiger partial charge is 0.326 e. The summed E-state index contributed by atoms with van der Waals surface area (Å²) in [6, 6.07) is 8.26. The number of non-ortho nitro benzene ring substituents is 1. The third-order valence-corrected chi connectivity index (χ3v) is 6.23. The molecular formula is C19H16N2O6S3. The molecule has 1 atom stereocenters. The maximum absolute atomic E-state index is 12.8. The molecule has 0 spiro atoms. The van der Waals surface area contributed by atoms with Gasteiger partial charge in [-0.3, -0.25) is 19.8 Å². The standard InChI is InChI=1S/C19H16N2O6S3/c1-29-8-7-14(18(23)24)20-17(22)16(30-19(20)28)10-13-5-6-15(27-13)11-3-2-4-12(9-11)21(25)26/h2-6,9-10,14H,7-8H2,1H3,(H,23,24)/b16-10+. The Morgan fingerprint density at radius 1 is 1.43 bits per heavy atom. The molecule has 1 fully saturated rings. The lowest BCUT2D eigenvalue weighted by Crippen LogP contribution is -2.44. The molecule has 1 aromatic carbocycles. The zero-order valence-corrected chi connectivity index (χ0v) is 18.1. The molecule has 2 heterocycles. The number of thiocarbonyl (C=S) groups is 1. The summed E-state index contributed by atoms with van der Waals surface area (Å²) in [5.74, 6) is -0.242. The molecule has 1 aliphatic rings. The number of carbonyl (C=O) groups excluding carboxylic acids is 1. The van der Waals surface area contributed by atoms with E-state index in [1.165, 1.54) is 30.0 Å². The molecule has 11 heteroatoms. The summed E-state index contributed by atoms with van der Waals surface area (Å²) in [7, 11) is 0. The van der Waals surface area contributed by atoms with Crippen LogP contribution in [0.1, 0.15) is 12.2 Å². The molecule has 0 aliphatic carbocycles. The number of amides is 1. The summed E-state index contributed by atoms with van der Waals surface area (Å²) in [6.45, 7) is 0. The number of benzene rings is 1. The molecule has 3 rings (SSSR count). The average molecular weight is 465 g/mol. The lowest BCUT2D eigenvalue weighted by molar-refractivity contribution is -0.384. The number of nitro benzene ring substituents is 1. The van der Waals surface area contributed by atoms with Gasteiger partial charge < -0.3 is 9.52 Å². The molecule has 1 aliphatic heterocycles. The molecule has 1 aromatic heterocycles. The Hall–Kier alpha value is -2.63. The van der Waals surface area contributed by atoms with Crippen LogP contribution >= 0.6 is 35.7 Å². The van der Waals surface area contributed by atoms with Crippen molar-refractivity contribution in [2.24, 2.45) is 0 Å². The fourth-order valence-corrected chi connectivity index (χ4v) is 4.62. The van der Waals surface area contributed by atoms with Crippen LogP contribution in [-0.4, -0.2) is 49.2 Å². The maximum atomic E-state index is 12.8. The van der Waals surface area contributed by atoms with Gasteiger partial charge in [0, 0.05) is 23.8 Å². The second-order valence-electron chi connectivity index (χ2n) is 6.20. The van der Waals surface area contributed by atoms with Crippen molar-refractivity contribution in [3.8, 4) is 11.3 Å². The molecule has 1 N–H and O–H groups in total. The Bertz CT molecular complexity index is 1050. The minimum Gasteiger partial charge on any atom is -0.480 e. The van der Waals surface area contributed by atoms with Gasteiger partial charge in [-0.05, 0) is 30.6 Å². The van der Waals surface area contributed by atoms with E-state index < -0.39 is 22.8 Å². The SMILES string of the molecule is CSCCC(C(=O)O)N1C(=O)/C(=C\c2ccc(-c3cccc([N+](=O)[O-])c3)o2)SC1=S. The molecule has 0 radical (unpaired) electrons. The number of hydrogen-bond acceptors (Lipinski definition) is 8. The Labute approximate surface area is 185 Å². The Kier molecular flexibility index (Phi) is 6.95. The number of nitrogens with zero attached hydrogens (tertiary/aromatic N) is 2. The molecule has 1 saturated heterocycles. The topological polar surface area (TPSA) is 114 Å². The van der Waals surface area contributed by atoms with Crippen LogP contribution in [0.15, 0.2) is 45.7 Å². The van der Waals surface area contributed by atoms with Gasteiger partial charge in [0.2, 0.25) is 0 Å². The summed E-state index contributed by atoms with van der Waals surface area (Å²) >= 11 is 7.75. The van der Waals surface area contributed by atoms with Gasteiger partial charge in [0.25, 0.3) is 11.6 Å². The van der Waals surface area contributed by atoms with Crippen molar-refractivity contribution in [3.63, 3.8) is 0 Å². The molecule has 156 valence electrons. The van der Waals surface area contributed by atoms with E-state index in [-0.39, 0.29) is 21.3 Å². The highest BCUT2D eigenvalue weighted by atomic mass is 32.2. The predicted molar refractivity (Wildman–Crippen MR) is 120 cm³/mol. The first kappa shape index (κ1) is 22.1. The van der Waals surface area contributed by atoms with Crippen LogP contribution in [0.4, 0.5) is 5.69 Å². The van der Waals surface area contributed by atoms with Crippen LogP contribution in [0.3, 0.4) is 0 Å². The lowest BCUT2D eigenvalue weighted by Gasteiger charge is -2.22. The van der Waals surface area contributed by atoms with Crippen molar-refractivity contribution in [2.45, 2.75) is 12.5 Å². The monoisotopic (exact) mass is 464 g/mol. The fourth-order valence-electron chi connectivity index (χ4n) is 2.83. The number of rotatable bonds is 8. The minimum absolute atomic E-state index is 0.0590. The third kappa shape index (κ3) is 4.74. The average Bonchev–Trinajstić information content (AvgIpc) is 3.28. The van der Waals surface area contributed by atoms with Gasteiger partial charge in [-0.15, -0.1) is 0 Å². The van der Waals surface area contributed by atoms with Crippen LogP contribution in [0.2, 0.25) is 0 Å². The summed E-state index contributed by atoms with van der Waals surface area (Å²) in [5.41, 5.74) is 0.468. The molecule has 0 bridgehead atoms. The first-order chi connectivity index (χ1) is 14.3. The van der Waals surface area contributed by atoms with Crippen molar-refractivity contribution in [2.75, 3.05) is 12.0 Å². The normalized spacial score (nSPS) is 16.3. The minimum atomic E-state index is -1.10. The number of nitro groups is 1. The second-order valence-corrected chi connectivity index (χ2v) is 8.86. The number of aliphatic carboxylic acids is 1. The quantitative estimate of drug-likeness (QED) is 0.265. The number of carboxylic acid groups (broad SMARTS) is 1. The molecular weight excluding hydrogens is 448 g/mol. The van der Waals surface area contributed by atoms with E-state index in [1.54, 1.807) is 24.3 Å². The number of carboxylic acids is 1. The van der Waals surface area contributed by atoms with Gasteiger partial charge in [0.1, 0.15) is 21.9 Å². The lowest BCUT2D eigenvalue weighted by atomic mass is 10.1. The van der Waals surface area contributed by atoms with E-state index in [4.69, 9.17) is 16.6 Å². The van der Waals surface area contributed by atoms with Crippen molar-refractivity contribution in [1.29, 1.82) is 0 Å². The highest BCUT2D eigenvalue weighted by molar-refractivity contribution is 8.26. The van der Waals surface area contributed by atoms with Crippen molar-refractivity contribution in [1.82, 2.24) is 4.90 Å². The molecule has 1 amide bonds. The van der Waals surface area contributed by atoms with Crippen molar-refractivity contribution in [3.05, 3.63) is 57.2 Å². The Balaban J connectivity index is 1.84. The second kappa shape index (κ2) is 9.45. The molecule has 30 heavy (non-hydrogen) atoms. The molecule has 8 nitrogen and oxygen atoms in total. The van der Waals surface area contributed by atoms with Crippen LogP contribution in [-0.2, 0) is 9.59 Å². The van der Waals surface area contributed by atoms with Gasteiger partial charge in [-0.1, -0.05) is 36.1 Å². The van der Waals surface area contributed by atoms with E-state index in [0.29, 0.717) is 22.8 Å². The highest BCUT2D eigenvalue weighted by Crippen LogP contribution is 2.36. The number of thioether (sulfide) groups is 2. The van der Waals surface area contributed by atoms with Crippen molar-refractivity contribution < 1.29 is 24.0 Å². The molecule has 1 unspecified atom stereocenters. The van der Waals surface area contributed by atoms with E-state index in [0.717, 1.165) is 16.7 Å². The van der Waals surface area contributed by atoms with Gasteiger partial charge in [-0.2, -0.15) is 11.8 Å². The fraction of sp³-hybridized carbons (Fsp3) is 0.211. The van der Waals surface area contributed by atoms with Gasteiger partial charge in [0.05, 0.1) is 9.83 Å². The van der Waals surface area contributed by atoms with Crippen molar-refractivity contribution >= 4 is 63.7 Å². The predicted octanol–water partition coefficient (Wildman–Crippen LogP) is 4.26. The summed E-state index contributed by atoms with van der Waals surface area (Å²) in [6.07, 6.45) is 3.64. The number of carbonyl (C=O) groups is 2. The van der Waals surface area contributed by atoms with Gasteiger partial charge >= 0.3 is 5.97 Å². The van der Waals surface area contributed by atoms with Crippen LogP contribution in [0.5, 0.6) is 0 Å². The Morgan fingerprint density at radius 3 is 2.87 bits per heavy atom. The van der Waals surface area contributed by atoms with E-state index >= 15 is 0 Å². The number of hydrogen-bond donors (Lipinski definition) is 1. The Morgan fingerprint density at radius 2 is 2.20 bits per heavy atom. The largest absolute Gasteiger partial charge is 0.480 e. The van der Waals surface area contributed by atoms with E-state index in [9.17, 15) is 24.8 Å². The maximum Gasteiger partial charge on any atom is 0.326 e. The van der Waals surface area contributed by atoms with Gasteiger partial charge in [-0.25, -0.2) is 4.79 Å². The zero-order chi connectivity index (χ0) is 21.8. The summed E-state index contributed by atoms with van der Waals surface area (Å²) in [5, 5.41) is 20.5. The van der Waals surface area contributed by atoms with Crippen LogP contribution < -0.4 is 0 Å².